The molecule has 116 valence electrons. The Morgan fingerprint density at radius 2 is 1.83 bits per heavy atom. The SMILES string of the molecule is Cc1ccc([C@@H]2Sc3ccccc3NC3=C2C(=O)CCC3)cc1. The molecule has 23 heavy (non-hydrogen) atoms. The number of thioether (sulfide) groups is 1. The van der Waals surface area contributed by atoms with Gasteiger partial charge in [-0.05, 0) is 37.5 Å². The summed E-state index contributed by atoms with van der Waals surface area (Å²) in [6, 6.07) is 16.9. The van der Waals surface area contributed by atoms with Gasteiger partial charge < -0.3 is 5.32 Å². The number of aryl methyl sites for hydroxylation is 1. The van der Waals surface area contributed by atoms with E-state index in [9.17, 15) is 4.79 Å². The number of carbonyl (C=O) groups excluding carboxylic acids is 1. The molecule has 2 nitrogen and oxygen atoms in total. The molecule has 1 aliphatic heterocycles. The summed E-state index contributed by atoms with van der Waals surface area (Å²) in [7, 11) is 0. The van der Waals surface area contributed by atoms with Crippen LogP contribution in [0.25, 0.3) is 0 Å². The Kier molecular flexibility index (Phi) is 3.74. The Hall–Kier alpha value is -2.00. The third-order valence-corrected chi connectivity index (χ3v) is 5.87. The zero-order valence-corrected chi connectivity index (χ0v) is 14.0. The van der Waals surface area contributed by atoms with Crippen LogP contribution in [0.15, 0.2) is 64.7 Å². The lowest BCUT2D eigenvalue weighted by molar-refractivity contribution is -0.116. The quantitative estimate of drug-likeness (QED) is 0.776. The first-order valence-electron chi connectivity index (χ1n) is 8.08. The molecule has 1 aliphatic carbocycles. The summed E-state index contributed by atoms with van der Waals surface area (Å²) in [6.07, 6.45) is 2.57. The third-order valence-electron chi connectivity index (χ3n) is 4.52. The molecule has 0 saturated carbocycles. The first-order valence-corrected chi connectivity index (χ1v) is 8.96. The van der Waals surface area contributed by atoms with Crippen molar-refractivity contribution in [1.29, 1.82) is 0 Å². The van der Waals surface area contributed by atoms with Crippen LogP contribution in [0.5, 0.6) is 0 Å². The van der Waals surface area contributed by atoms with Crippen molar-refractivity contribution in [1.82, 2.24) is 0 Å². The van der Waals surface area contributed by atoms with Crippen molar-refractivity contribution in [2.45, 2.75) is 36.3 Å². The summed E-state index contributed by atoms with van der Waals surface area (Å²) < 4.78 is 0. The van der Waals surface area contributed by atoms with E-state index < -0.39 is 0 Å². The maximum absolute atomic E-state index is 12.7. The number of hydrogen-bond acceptors (Lipinski definition) is 3. The van der Waals surface area contributed by atoms with Crippen LogP contribution in [0.1, 0.15) is 35.6 Å². The Morgan fingerprint density at radius 1 is 1.04 bits per heavy atom. The Balaban J connectivity index is 1.86. The minimum Gasteiger partial charge on any atom is -0.358 e. The molecule has 0 aromatic heterocycles. The summed E-state index contributed by atoms with van der Waals surface area (Å²) in [5.74, 6) is 0.296. The van der Waals surface area contributed by atoms with Gasteiger partial charge in [0, 0.05) is 22.6 Å². The van der Waals surface area contributed by atoms with E-state index in [1.165, 1.54) is 16.0 Å². The Bertz CT molecular complexity index is 792. The van der Waals surface area contributed by atoms with Crippen LogP contribution in [0, 0.1) is 6.92 Å². The second kappa shape index (κ2) is 5.89. The van der Waals surface area contributed by atoms with E-state index in [0.29, 0.717) is 12.2 Å². The van der Waals surface area contributed by atoms with Crippen molar-refractivity contribution in [2.75, 3.05) is 5.32 Å². The molecular formula is C20H19NOS. The van der Waals surface area contributed by atoms with E-state index in [4.69, 9.17) is 0 Å². The van der Waals surface area contributed by atoms with Gasteiger partial charge in [-0.15, -0.1) is 11.8 Å². The van der Waals surface area contributed by atoms with Gasteiger partial charge in [-0.3, -0.25) is 4.79 Å². The fourth-order valence-corrected chi connectivity index (χ4v) is 4.64. The van der Waals surface area contributed by atoms with Crippen molar-refractivity contribution in [3.05, 3.63) is 70.9 Å². The smallest absolute Gasteiger partial charge is 0.162 e. The van der Waals surface area contributed by atoms with Crippen molar-refractivity contribution in [3.8, 4) is 0 Å². The van der Waals surface area contributed by atoms with E-state index >= 15 is 0 Å². The van der Waals surface area contributed by atoms with Crippen LogP contribution in [0.3, 0.4) is 0 Å². The van der Waals surface area contributed by atoms with Gasteiger partial charge in [0.15, 0.2) is 5.78 Å². The highest BCUT2D eigenvalue weighted by Crippen LogP contribution is 2.49. The van der Waals surface area contributed by atoms with Gasteiger partial charge in [0.1, 0.15) is 0 Å². The number of carbonyl (C=O) groups is 1. The number of rotatable bonds is 1. The predicted octanol–water partition coefficient (Wildman–Crippen LogP) is 5.26. The largest absolute Gasteiger partial charge is 0.358 e. The monoisotopic (exact) mass is 321 g/mol. The fourth-order valence-electron chi connectivity index (χ4n) is 3.29. The average molecular weight is 321 g/mol. The van der Waals surface area contributed by atoms with Crippen LogP contribution >= 0.6 is 11.8 Å². The van der Waals surface area contributed by atoms with E-state index in [2.05, 4.69) is 54.7 Å². The molecular weight excluding hydrogens is 302 g/mol. The molecule has 4 rings (SSSR count). The second-order valence-electron chi connectivity index (χ2n) is 6.20. The lowest BCUT2D eigenvalue weighted by Crippen LogP contribution is -2.19. The normalized spacial score (nSPS) is 20.4. The number of ketones is 1. The number of allylic oxidation sites excluding steroid dienone is 1. The molecule has 2 aromatic rings. The number of nitrogens with one attached hydrogen (secondary N) is 1. The van der Waals surface area contributed by atoms with Crippen LogP contribution in [-0.2, 0) is 4.79 Å². The standard InChI is InChI=1S/C20H19NOS/c1-13-9-11-14(12-10-13)20-19-16(6-4-7-17(19)22)21-15-5-2-3-8-18(15)23-20/h2-3,5,8-12,20-21H,4,6-7H2,1H3/t20-/m0/s1. The van der Waals surface area contributed by atoms with Gasteiger partial charge in [0.05, 0.1) is 10.9 Å². The average Bonchev–Trinajstić information content (AvgIpc) is 2.73. The van der Waals surface area contributed by atoms with Crippen molar-refractivity contribution in [3.63, 3.8) is 0 Å². The van der Waals surface area contributed by atoms with Crippen LogP contribution in [-0.4, -0.2) is 5.78 Å². The van der Waals surface area contributed by atoms with Crippen LogP contribution in [0.4, 0.5) is 5.69 Å². The van der Waals surface area contributed by atoms with Gasteiger partial charge in [-0.1, -0.05) is 42.0 Å². The molecule has 0 spiro atoms. The number of anilines is 1. The molecule has 0 amide bonds. The maximum Gasteiger partial charge on any atom is 0.162 e. The van der Waals surface area contributed by atoms with Gasteiger partial charge in [0.25, 0.3) is 0 Å². The number of Topliss-reactive ketones (excluding diaryl/α,β-unsaturated/α-hetero) is 1. The van der Waals surface area contributed by atoms with E-state index in [0.717, 1.165) is 29.8 Å². The van der Waals surface area contributed by atoms with E-state index in [-0.39, 0.29) is 5.25 Å². The number of benzene rings is 2. The first-order chi connectivity index (χ1) is 11.2. The van der Waals surface area contributed by atoms with Crippen molar-refractivity contribution < 1.29 is 4.79 Å². The minimum absolute atomic E-state index is 0.0783. The van der Waals surface area contributed by atoms with E-state index in [1.54, 1.807) is 11.8 Å². The molecule has 1 heterocycles. The summed E-state index contributed by atoms with van der Waals surface area (Å²) in [6.45, 7) is 2.09. The second-order valence-corrected chi connectivity index (χ2v) is 7.35. The molecule has 0 radical (unpaired) electrons. The number of para-hydroxylation sites is 1. The van der Waals surface area contributed by atoms with Crippen LogP contribution in [0.2, 0.25) is 0 Å². The van der Waals surface area contributed by atoms with Crippen molar-refractivity contribution in [2.24, 2.45) is 0 Å². The number of hydrogen-bond donors (Lipinski definition) is 1. The zero-order valence-electron chi connectivity index (χ0n) is 13.1. The van der Waals surface area contributed by atoms with E-state index in [1.807, 2.05) is 6.07 Å². The summed E-state index contributed by atoms with van der Waals surface area (Å²) >= 11 is 1.79. The highest BCUT2D eigenvalue weighted by atomic mass is 32.2. The molecule has 0 unspecified atom stereocenters. The maximum atomic E-state index is 12.7. The van der Waals surface area contributed by atoms with Gasteiger partial charge in [-0.2, -0.15) is 0 Å². The summed E-state index contributed by atoms with van der Waals surface area (Å²) in [5.41, 5.74) is 5.66. The predicted molar refractivity (Wildman–Crippen MR) is 95.7 cm³/mol. The molecule has 2 aliphatic rings. The summed E-state index contributed by atoms with van der Waals surface area (Å²) in [4.78, 5) is 13.9. The molecule has 0 bridgehead atoms. The fraction of sp³-hybridized carbons (Fsp3) is 0.250. The highest BCUT2D eigenvalue weighted by Gasteiger charge is 2.32. The van der Waals surface area contributed by atoms with Gasteiger partial charge >= 0.3 is 0 Å². The molecule has 1 N–H and O–H groups in total. The molecule has 1 atom stereocenters. The lowest BCUT2D eigenvalue weighted by Gasteiger charge is -2.24. The first kappa shape index (κ1) is 14.6. The highest BCUT2D eigenvalue weighted by molar-refractivity contribution is 8.00. The number of fused-ring (bicyclic) bond motifs is 1. The summed E-state index contributed by atoms with van der Waals surface area (Å²) in [5, 5.41) is 3.62. The lowest BCUT2D eigenvalue weighted by atomic mass is 9.89. The Morgan fingerprint density at radius 3 is 2.65 bits per heavy atom. The topological polar surface area (TPSA) is 29.1 Å². The van der Waals surface area contributed by atoms with Gasteiger partial charge in [0.2, 0.25) is 0 Å². The zero-order chi connectivity index (χ0) is 15.8. The molecule has 3 heteroatoms. The third kappa shape index (κ3) is 2.70. The molecule has 0 saturated heterocycles. The Labute approximate surface area is 141 Å². The van der Waals surface area contributed by atoms with Crippen molar-refractivity contribution >= 4 is 23.2 Å². The minimum atomic E-state index is 0.0783. The van der Waals surface area contributed by atoms with Gasteiger partial charge in [-0.25, -0.2) is 0 Å². The van der Waals surface area contributed by atoms with Crippen LogP contribution < -0.4 is 5.32 Å². The molecule has 2 aromatic carbocycles. The molecule has 0 fully saturated rings.